The second-order valence-corrected chi connectivity index (χ2v) is 6.04. The molecule has 0 aromatic rings. The molecule has 1 heterocycles. The summed E-state index contributed by atoms with van der Waals surface area (Å²) in [6.45, 7) is 8.12. The fourth-order valence-corrected chi connectivity index (χ4v) is 2.68. The summed E-state index contributed by atoms with van der Waals surface area (Å²) in [5.74, 6) is -0.903. The fourth-order valence-electron chi connectivity index (χ4n) is 2.02. The van der Waals surface area contributed by atoms with Gasteiger partial charge in [-0.15, -0.1) is 0 Å². The number of carbonyl (C=O) groups excluding carboxylic acids is 2. The number of rotatable bonds is 4. The first-order valence-corrected chi connectivity index (χ1v) is 7.43. The van der Waals surface area contributed by atoms with E-state index in [9.17, 15) is 9.59 Å². The highest BCUT2D eigenvalue weighted by atomic mass is 79.9. The van der Waals surface area contributed by atoms with Gasteiger partial charge in [0.25, 0.3) is 0 Å². The van der Waals surface area contributed by atoms with E-state index in [4.69, 9.17) is 18.9 Å². The SMILES string of the molecule is CC(=O)O[C@@H]1[C@@H](OC(C)=O)[C@@H](Br)[C@H](OC(C)C)O[C@H]1C. The van der Waals surface area contributed by atoms with E-state index in [1.165, 1.54) is 13.8 Å². The lowest BCUT2D eigenvalue weighted by Gasteiger charge is -2.42. The molecule has 0 aliphatic carbocycles. The molecule has 1 aliphatic rings. The topological polar surface area (TPSA) is 71.1 Å². The summed E-state index contributed by atoms with van der Waals surface area (Å²) >= 11 is 3.42. The minimum absolute atomic E-state index is 0.0458. The lowest BCUT2D eigenvalue weighted by Crippen LogP contribution is -2.58. The summed E-state index contributed by atoms with van der Waals surface area (Å²) < 4.78 is 21.8. The second kappa shape index (κ2) is 7.38. The van der Waals surface area contributed by atoms with Gasteiger partial charge in [-0.3, -0.25) is 9.59 Å². The molecule has 0 aromatic carbocycles. The first kappa shape index (κ1) is 17.4. The van der Waals surface area contributed by atoms with E-state index in [1.54, 1.807) is 6.92 Å². The smallest absolute Gasteiger partial charge is 0.303 e. The Bertz CT molecular complexity index is 359. The first-order chi connectivity index (χ1) is 9.22. The van der Waals surface area contributed by atoms with Crippen molar-refractivity contribution < 1.29 is 28.5 Å². The maximum Gasteiger partial charge on any atom is 0.303 e. The van der Waals surface area contributed by atoms with Gasteiger partial charge in [-0.1, -0.05) is 15.9 Å². The van der Waals surface area contributed by atoms with E-state index in [0.717, 1.165) is 0 Å². The van der Waals surface area contributed by atoms with Crippen LogP contribution in [0.4, 0.5) is 0 Å². The van der Waals surface area contributed by atoms with Crippen molar-refractivity contribution in [3.05, 3.63) is 0 Å². The van der Waals surface area contributed by atoms with Crippen LogP contribution in [0.3, 0.4) is 0 Å². The Hall–Kier alpha value is -0.660. The number of esters is 2. The summed E-state index contributed by atoms with van der Waals surface area (Å²) in [5, 5.41) is 0. The molecule has 0 saturated carbocycles. The molecule has 6 nitrogen and oxygen atoms in total. The van der Waals surface area contributed by atoms with Gasteiger partial charge in [-0.2, -0.15) is 0 Å². The van der Waals surface area contributed by atoms with Crippen LogP contribution in [0.1, 0.15) is 34.6 Å². The molecule has 0 N–H and O–H groups in total. The van der Waals surface area contributed by atoms with Gasteiger partial charge < -0.3 is 18.9 Å². The minimum Gasteiger partial charge on any atom is -0.457 e. The van der Waals surface area contributed by atoms with Crippen LogP contribution in [0.25, 0.3) is 0 Å². The summed E-state index contributed by atoms with van der Waals surface area (Å²) in [7, 11) is 0. The van der Waals surface area contributed by atoms with Crippen molar-refractivity contribution in [3.63, 3.8) is 0 Å². The van der Waals surface area contributed by atoms with Gasteiger partial charge in [0.2, 0.25) is 0 Å². The van der Waals surface area contributed by atoms with Crippen LogP contribution in [-0.4, -0.2) is 47.5 Å². The van der Waals surface area contributed by atoms with Crippen LogP contribution in [0.2, 0.25) is 0 Å². The molecule has 5 atom stereocenters. The van der Waals surface area contributed by atoms with E-state index in [1.807, 2.05) is 13.8 Å². The van der Waals surface area contributed by atoms with Crippen molar-refractivity contribution in [2.24, 2.45) is 0 Å². The van der Waals surface area contributed by atoms with Crippen LogP contribution in [0.5, 0.6) is 0 Å². The summed E-state index contributed by atoms with van der Waals surface area (Å²) in [6, 6.07) is 0. The highest BCUT2D eigenvalue weighted by Crippen LogP contribution is 2.31. The average molecular weight is 353 g/mol. The molecule has 20 heavy (non-hydrogen) atoms. The molecule has 0 amide bonds. The Labute approximate surface area is 127 Å². The van der Waals surface area contributed by atoms with Crippen LogP contribution in [0, 0.1) is 0 Å². The molecule has 7 heteroatoms. The zero-order valence-electron chi connectivity index (χ0n) is 12.3. The van der Waals surface area contributed by atoms with Crippen molar-refractivity contribution in [3.8, 4) is 0 Å². The number of hydrogen-bond donors (Lipinski definition) is 0. The van der Waals surface area contributed by atoms with Crippen LogP contribution >= 0.6 is 15.9 Å². The quantitative estimate of drug-likeness (QED) is 0.567. The molecule has 1 saturated heterocycles. The largest absolute Gasteiger partial charge is 0.457 e. The third kappa shape index (κ3) is 4.71. The number of alkyl halides is 1. The van der Waals surface area contributed by atoms with Crippen molar-refractivity contribution >= 4 is 27.9 Å². The maximum absolute atomic E-state index is 11.3. The minimum atomic E-state index is -0.673. The van der Waals surface area contributed by atoms with E-state index in [0.29, 0.717) is 0 Å². The van der Waals surface area contributed by atoms with Gasteiger partial charge in [0.05, 0.1) is 12.2 Å². The number of halogens is 1. The maximum atomic E-state index is 11.3. The predicted octanol–water partition coefficient (Wildman–Crippen LogP) is 1.78. The second-order valence-electron chi connectivity index (χ2n) is 4.99. The van der Waals surface area contributed by atoms with Crippen molar-refractivity contribution in [2.75, 3.05) is 0 Å². The Morgan fingerprint density at radius 3 is 2.05 bits per heavy atom. The molecule has 0 bridgehead atoms. The average Bonchev–Trinajstić information content (AvgIpc) is 2.28. The van der Waals surface area contributed by atoms with Crippen LogP contribution < -0.4 is 0 Å². The van der Waals surface area contributed by atoms with Crippen LogP contribution in [0.15, 0.2) is 0 Å². The molecule has 0 unspecified atom stereocenters. The van der Waals surface area contributed by atoms with E-state index in [2.05, 4.69) is 15.9 Å². The van der Waals surface area contributed by atoms with Gasteiger partial charge in [0, 0.05) is 13.8 Å². The Kier molecular flexibility index (Phi) is 6.42. The Balaban J connectivity index is 2.90. The van der Waals surface area contributed by atoms with E-state index >= 15 is 0 Å². The Morgan fingerprint density at radius 2 is 1.60 bits per heavy atom. The number of hydrogen-bond acceptors (Lipinski definition) is 6. The van der Waals surface area contributed by atoms with E-state index in [-0.39, 0.29) is 6.10 Å². The first-order valence-electron chi connectivity index (χ1n) is 6.51. The molecule has 0 spiro atoms. The summed E-state index contributed by atoms with van der Waals surface area (Å²) in [5.41, 5.74) is 0. The normalized spacial score (nSPS) is 33.9. The molecule has 0 aromatic heterocycles. The standard InChI is InChI=1S/C13H21BrO6/c1-6(2)17-13-10(14)12(20-9(5)16)11(7(3)18-13)19-8(4)15/h6-7,10-13H,1-5H3/t7-,10+,11-,12-,13+/m0/s1. The third-order valence-corrected chi connectivity index (χ3v) is 3.67. The summed E-state index contributed by atoms with van der Waals surface area (Å²) in [6.07, 6.45) is -2.41. The predicted molar refractivity (Wildman–Crippen MR) is 74.4 cm³/mol. The monoisotopic (exact) mass is 352 g/mol. The number of ether oxygens (including phenoxy) is 4. The van der Waals surface area contributed by atoms with Crippen LogP contribution in [-0.2, 0) is 28.5 Å². The molecule has 1 fully saturated rings. The molecule has 1 aliphatic heterocycles. The Morgan fingerprint density at radius 1 is 1.10 bits per heavy atom. The molecular weight excluding hydrogens is 332 g/mol. The molecular formula is C13H21BrO6. The molecule has 1 rings (SSSR count). The third-order valence-electron chi connectivity index (χ3n) is 2.72. The van der Waals surface area contributed by atoms with Gasteiger partial charge in [0.15, 0.2) is 18.5 Å². The van der Waals surface area contributed by atoms with Gasteiger partial charge in [-0.05, 0) is 20.8 Å². The van der Waals surface area contributed by atoms with Crippen molar-refractivity contribution in [2.45, 2.75) is 70.2 Å². The lowest BCUT2D eigenvalue weighted by atomic mass is 10.0. The molecule has 0 radical (unpaired) electrons. The van der Waals surface area contributed by atoms with Gasteiger partial charge in [0.1, 0.15) is 4.83 Å². The van der Waals surface area contributed by atoms with Gasteiger partial charge in [-0.25, -0.2) is 0 Å². The number of carbonyl (C=O) groups is 2. The fraction of sp³-hybridized carbons (Fsp3) is 0.846. The summed E-state index contributed by atoms with van der Waals surface area (Å²) in [4.78, 5) is 22.0. The van der Waals surface area contributed by atoms with Gasteiger partial charge >= 0.3 is 11.9 Å². The van der Waals surface area contributed by atoms with E-state index < -0.39 is 41.4 Å². The molecule has 116 valence electrons. The van der Waals surface area contributed by atoms with Crippen molar-refractivity contribution in [1.29, 1.82) is 0 Å². The lowest BCUT2D eigenvalue weighted by molar-refractivity contribution is -0.258. The highest BCUT2D eigenvalue weighted by Gasteiger charge is 2.47. The zero-order chi connectivity index (χ0) is 15.4. The highest BCUT2D eigenvalue weighted by molar-refractivity contribution is 9.09. The van der Waals surface area contributed by atoms with Crippen molar-refractivity contribution in [1.82, 2.24) is 0 Å². The zero-order valence-corrected chi connectivity index (χ0v) is 13.9.